The fourth-order valence-corrected chi connectivity index (χ4v) is 0.390. The number of carboxylic acids is 1. The first-order chi connectivity index (χ1) is 5.22. The SMILES string of the molecule is NC=C(C=NCCO)C(=O)O. The van der Waals surface area contributed by atoms with Crippen LogP contribution in [0.3, 0.4) is 0 Å². The van der Waals surface area contributed by atoms with Crippen LogP contribution >= 0.6 is 0 Å². The highest BCUT2D eigenvalue weighted by Crippen LogP contribution is 1.86. The lowest BCUT2D eigenvalue weighted by molar-refractivity contribution is -0.132. The van der Waals surface area contributed by atoms with Crippen LogP contribution in [-0.2, 0) is 4.79 Å². The average Bonchev–Trinajstić information content (AvgIpc) is 1.97. The first-order valence-electron chi connectivity index (χ1n) is 2.98. The fraction of sp³-hybridized carbons (Fsp3) is 0.333. The van der Waals surface area contributed by atoms with Crippen LogP contribution in [0.1, 0.15) is 0 Å². The van der Waals surface area contributed by atoms with E-state index in [1.165, 1.54) is 0 Å². The van der Waals surface area contributed by atoms with E-state index in [2.05, 4.69) is 4.99 Å². The van der Waals surface area contributed by atoms with Crippen molar-refractivity contribution in [2.24, 2.45) is 10.7 Å². The summed E-state index contributed by atoms with van der Waals surface area (Å²) in [5.74, 6) is -1.13. The number of aliphatic hydroxyl groups is 1. The molecule has 0 aliphatic heterocycles. The Labute approximate surface area is 63.9 Å². The van der Waals surface area contributed by atoms with Crippen molar-refractivity contribution in [2.45, 2.75) is 0 Å². The molecule has 0 aromatic rings. The van der Waals surface area contributed by atoms with E-state index in [1.807, 2.05) is 0 Å². The minimum absolute atomic E-state index is 0.0848. The number of carboxylic acid groups (broad SMARTS) is 1. The topological polar surface area (TPSA) is 95.9 Å². The highest BCUT2D eigenvalue weighted by atomic mass is 16.4. The van der Waals surface area contributed by atoms with Gasteiger partial charge in [-0.25, -0.2) is 4.79 Å². The summed E-state index contributed by atoms with van der Waals surface area (Å²) in [5, 5.41) is 16.6. The molecule has 0 radical (unpaired) electrons. The molecule has 0 atom stereocenters. The van der Waals surface area contributed by atoms with Crippen molar-refractivity contribution < 1.29 is 15.0 Å². The maximum atomic E-state index is 10.2. The number of aliphatic hydroxyl groups excluding tert-OH is 1. The summed E-state index contributed by atoms with van der Waals surface area (Å²) in [7, 11) is 0. The molecule has 0 aromatic heterocycles. The van der Waals surface area contributed by atoms with Crippen LogP contribution in [0.25, 0.3) is 0 Å². The zero-order valence-electron chi connectivity index (χ0n) is 5.90. The standard InChI is InChI=1S/C6H10N2O3/c7-3-5(6(10)11)4-8-1-2-9/h3-4,9H,1-2,7H2,(H,10,11). The van der Waals surface area contributed by atoms with Gasteiger partial charge in [0.2, 0.25) is 0 Å². The van der Waals surface area contributed by atoms with Crippen LogP contribution in [0.4, 0.5) is 0 Å². The van der Waals surface area contributed by atoms with Crippen molar-refractivity contribution in [3.63, 3.8) is 0 Å². The average molecular weight is 158 g/mol. The number of aliphatic imine (C=N–C) groups is 1. The first-order valence-corrected chi connectivity index (χ1v) is 2.98. The Balaban J connectivity index is 4.00. The molecule has 0 saturated heterocycles. The fourth-order valence-electron chi connectivity index (χ4n) is 0.390. The van der Waals surface area contributed by atoms with Gasteiger partial charge >= 0.3 is 5.97 Å². The van der Waals surface area contributed by atoms with Gasteiger partial charge < -0.3 is 15.9 Å². The number of nitrogens with two attached hydrogens (primary N) is 1. The third-order valence-corrected chi connectivity index (χ3v) is 0.886. The second-order valence-corrected chi connectivity index (χ2v) is 1.69. The molecule has 0 unspecified atom stereocenters. The van der Waals surface area contributed by atoms with E-state index in [0.29, 0.717) is 0 Å². The highest BCUT2D eigenvalue weighted by Gasteiger charge is 2.00. The second-order valence-electron chi connectivity index (χ2n) is 1.69. The largest absolute Gasteiger partial charge is 0.478 e. The summed E-state index contributed by atoms with van der Waals surface area (Å²) in [6, 6.07) is 0. The summed E-state index contributed by atoms with van der Waals surface area (Å²) in [6.45, 7) is 0.0819. The van der Waals surface area contributed by atoms with Gasteiger partial charge in [0.05, 0.1) is 18.7 Å². The lowest BCUT2D eigenvalue weighted by Gasteiger charge is -1.90. The quantitative estimate of drug-likeness (QED) is 0.360. The molecule has 0 amide bonds. The number of carbonyl (C=O) groups is 1. The van der Waals surface area contributed by atoms with Crippen molar-refractivity contribution in [3.05, 3.63) is 11.8 Å². The molecule has 0 aromatic carbocycles. The smallest absolute Gasteiger partial charge is 0.338 e. The van der Waals surface area contributed by atoms with E-state index in [9.17, 15) is 4.79 Å². The minimum Gasteiger partial charge on any atom is -0.478 e. The molecule has 0 bridgehead atoms. The molecular formula is C6H10N2O3. The number of hydrogen-bond donors (Lipinski definition) is 3. The maximum absolute atomic E-state index is 10.2. The van der Waals surface area contributed by atoms with E-state index in [-0.39, 0.29) is 18.7 Å². The number of hydrogen-bond acceptors (Lipinski definition) is 4. The summed E-state index contributed by atoms with van der Waals surface area (Å²) >= 11 is 0. The monoisotopic (exact) mass is 158 g/mol. The Hall–Kier alpha value is -1.36. The predicted molar refractivity (Wildman–Crippen MR) is 40.4 cm³/mol. The predicted octanol–water partition coefficient (Wildman–Crippen LogP) is -1.02. The number of aliphatic carboxylic acids is 1. The van der Waals surface area contributed by atoms with Crippen LogP contribution in [-0.4, -0.2) is 35.5 Å². The molecule has 4 N–H and O–H groups in total. The zero-order chi connectivity index (χ0) is 8.69. The maximum Gasteiger partial charge on any atom is 0.338 e. The molecule has 0 fully saturated rings. The Kier molecular flexibility index (Phi) is 4.76. The molecule has 11 heavy (non-hydrogen) atoms. The van der Waals surface area contributed by atoms with E-state index in [1.54, 1.807) is 0 Å². The van der Waals surface area contributed by atoms with Gasteiger partial charge in [0.1, 0.15) is 0 Å². The van der Waals surface area contributed by atoms with Crippen LogP contribution in [0.2, 0.25) is 0 Å². The molecule has 0 rings (SSSR count). The molecule has 0 saturated carbocycles. The van der Waals surface area contributed by atoms with Gasteiger partial charge in [-0.15, -0.1) is 0 Å². The van der Waals surface area contributed by atoms with Crippen LogP contribution in [0.5, 0.6) is 0 Å². The van der Waals surface area contributed by atoms with E-state index in [0.717, 1.165) is 12.4 Å². The van der Waals surface area contributed by atoms with E-state index < -0.39 is 5.97 Å². The van der Waals surface area contributed by atoms with Crippen molar-refractivity contribution in [3.8, 4) is 0 Å². The molecule has 0 aliphatic carbocycles. The first kappa shape index (κ1) is 9.64. The molecule has 5 heteroatoms. The third kappa shape index (κ3) is 4.10. The molecular weight excluding hydrogens is 148 g/mol. The molecule has 0 aliphatic rings. The zero-order valence-corrected chi connectivity index (χ0v) is 5.90. The lowest BCUT2D eigenvalue weighted by Crippen LogP contribution is -2.05. The van der Waals surface area contributed by atoms with Crippen LogP contribution in [0.15, 0.2) is 16.8 Å². The Morgan fingerprint density at radius 2 is 2.27 bits per heavy atom. The molecule has 0 spiro atoms. The van der Waals surface area contributed by atoms with Gasteiger partial charge in [0, 0.05) is 12.4 Å². The summed E-state index contributed by atoms with van der Waals surface area (Å²) in [5.41, 5.74) is 4.87. The van der Waals surface area contributed by atoms with Gasteiger partial charge in [0.15, 0.2) is 0 Å². The normalized spacial score (nSPS) is 12.3. The lowest BCUT2D eigenvalue weighted by atomic mass is 10.3. The number of rotatable bonds is 4. The van der Waals surface area contributed by atoms with Crippen molar-refractivity contribution in [2.75, 3.05) is 13.2 Å². The van der Waals surface area contributed by atoms with Gasteiger partial charge in [-0.1, -0.05) is 0 Å². The molecule has 5 nitrogen and oxygen atoms in total. The number of nitrogens with zero attached hydrogens (tertiary/aromatic N) is 1. The van der Waals surface area contributed by atoms with Gasteiger partial charge in [-0.05, 0) is 0 Å². The van der Waals surface area contributed by atoms with E-state index >= 15 is 0 Å². The summed E-state index contributed by atoms with van der Waals surface area (Å²) in [4.78, 5) is 13.8. The Morgan fingerprint density at radius 1 is 1.64 bits per heavy atom. The second kappa shape index (κ2) is 5.43. The Morgan fingerprint density at radius 3 is 2.64 bits per heavy atom. The summed E-state index contributed by atoms with van der Waals surface area (Å²) < 4.78 is 0. The molecule has 62 valence electrons. The highest BCUT2D eigenvalue weighted by molar-refractivity contribution is 6.08. The van der Waals surface area contributed by atoms with Crippen molar-refractivity contribution in [1.82, 2.24) is 0 Å². The van der Waals surface area contributed by atoms with Crippen molar-refractivity contribution in [1.29, 1.82) is 0 Å². The Bertz CT molecular complexity index is 186. The van der Waals surface area contributed by atoms with Crippen LogP contribution < -0.4 is 5.73 Å². The van der Waals surface area contributed by atoms with Crippen LogP contribution in [0, 0.1) is 0 Å². The van der Waals surface area contributed by atoms with Gasteiger partial charge in [0.25, 0.3) is 0 Å². The third-order valence-electron chi connectivity index (χ3n) is 0.886. The van der Waals surface area contributed by atoms with Gasteiger partial charge in [-0.3, -0.25) is 4.99 Å². The minimum atomic E-state index is -1.13. The summed E-state index contributed by atoms with van der Waals surface area (Å²) in [6.07, 6.45) is 2.06. The van der Waals surface area contributed by atoms with E-state index in [4.69, 9.17) is 15.9 Å². The van der Waals surface area contributed by atoms with Gasteiger partial charge in [-0.2, -0.15) is 0 Å². The van der Waals surface area contributed by atoms with Crippen molar-refractivity contribution >= 4 is 12.2 Å². The molecule has 0 heterocycles.